The van der Waals surface area contributed by atoms with Gasteiger partial charge < -0.3 is 24.4 Å². The second-order valence-electron chi connectivity index (χ2n) is 7.37. The lowest BCUT2D eigenvalue weighted by molar-refractivity contribution is -0.147. The lowest BCUT2D eigenvalue weighted by Crippen LogP contribution is -2.51. The molecule has 3 rings (SSSR count). The standard InChI is InChI=1S/C23H30N2O5/c1-6-11-25-14(4)16(22(26)29-7-2)13-18-20(23(27)30-8-3)24-19-10-9-15(28-5)12-17(19)21(18)25/h6,9-10,12,18,20-21,24H,1,7-8,11,13H2,2-5H3/t18-,20+,21+/m1/s1. The predicted molar refractivity (Wildman–Crippen MR) is 114 cm³/mol. The highest BCUT2D eigenvalue weighted by molar-refractivity contribution is 5.90. The summed E-state index contributed by atoms with van der Waals surface area (Å²) in [6, 6.07) is 5.05. The van der Waals surface area contributed by atoms with Crippen molar-refractivity contribution in [1.82, 2.24) is 4.90 Å². The van der Waals surface area contributed by atoms with Gasteiger partial charge in [-0.3, -0.25) is 0 Å². The van der Waals surface area contributed by atoms with Crippen molar-refractivity contribution in [3.8, 4) is 5.75 Å². The van der Waals surface area contributed by atoms with Gasteiger partial charge in [0.2, 0.25) is 0 Å². The first-order chi connectivity index (χ1) is 14.5. The monoisotopic (exact) mass is 414 g/mol. The first-order valence-corrected chi connectivity index (χ1v) is 10.3. The van der Waals surface area contributed by atoms with Crippen LogP contribution in [-0.4, -0.2) is 49.7 Å². The molecule has 7 heteroatoms. The third kappa shape index (κ3) is 3.88. The SMILES string of the molecule is C=CCN1C(C)=C(C(=O)OCC)C[C@@H]2[C@@H](C(=O)OCC)Nc3ccc(OC)cc3[C@@H]21. The van der Waals surface area contributed by atoms with Crippen LogP contribution in [0.5, 0.6) is 5.75 Å². The van der Waals surface area contributed by atoms with Crippen molar-refractivity contribution >= 4 is 17.6 Å². The number of ether oxygens (including phenoxy) is 3. The van der Waals surface area contributed by atoms with Crippen LogP contribution in [0.1, 0.15) is 38.8 Å². The van der Waals surface area contributed by atoms with Gasteiger partial charge in [0.15, 0.2) is 0 Å². The average Bonchev–Trinajstić information content (AvgIpc) is 2.74. The Kier molecular flexibility index (Phi) is 6.70. The molecular weight excluding hydrogens is 384 g/mol. The van der Waals surface area contributed by atoms with Gasteiger partial charge in [0, 0.05) is 29.4 Å². The van der Waals surface area contributed by atoms with Crippen molar-refractivity contribution < 1.29 is 23.8 Å². The predicted octanol–water partition coefficient (Wildman–Crippen LogP) is 3.44. The van der Waals surface area contributed by atoms with Crippen LogP contribution < -0.4 is 10.1 Å². The lowest BCUT2D eigenvalue weighted by atomic mass is 9.74. The molecule has 0 spiro atoms. The van der Waals surface area contributed by atoms with E-state index in [4.69, 9.17) is 14.2 Å². The molecule has 2 heterocycles. The van der Waals surface area contributed by atoms with E-state index in [1.807, 2.05) is 25.1 Å². The van der Waals surface area contributed by atoms with Crippen molar-refractivity contribution in [3.05, 3.63) is 47.7 Å². The minimum atomic E-state index is -0.583. The molecule has 0 aliphatic carbocycles. The fourth-order valence-electron chi connectivity index (χ4n) is 4.43. The molecule has 0 saturated heterocycles. The molecule has 1 aromatic rings. The summed E-state index contributed by atoms with van der Waals surface area (Å²) in [4.78, 5) is 27.7. The van der Waals surface area contributed by atoms with E-state index in [1.54, 1.807) is 27.0 Å². The van der Waals surface area contributed by atoms with E-state index in [0.29, 0.717) is 31.8 Å². The Morgan fingerprint density at radius 2 is 2.00 bits per heavy atom. The summed E-state index contributed by atoms with van der Waals surface area (Å²) < 4.78 is 16.1. The van der Waals surface area contributed by atoms with E-state index in [1.165, 1.54) is 0 Å². The molecule has 3 atom stereocenters. The highest BCUT2D eigenvalue weighted by Gasteiger charge is 2.48. The molecule has 0 aromatic heterocycles. The first-order valence-electron chi connectivity index (χ1n) is 10.3. The molecule has 0 radical (unpaired) electrons. The summed E-state index contributed by atoms with van der Waals surface area (Å²) in [5.41, 5.74) is 3.30. The number of nitrogens with one attached hydrogen (secondary N) is 1. The van der Waals surface area contributed by atoms with Gasteiger partial charge >= 0.3 is 11.9 Å². The number of carbonyl (C=O) groups excluding carboxylic acids is 2. The second kappa shape index (κ2) is 9.24. The van der Waals surface area contributed by atoms with Crippen LogP contribution in [0.3, 0.4) is 0 Å². The average molecular weight is 415 g/mol. The summed E-state index contributed by atoms with van der Waals surface area (Å²) in [7, 11) is 1.63. The number of carbonyl (C=O) groups is 2. The zero-order chi connectivity index (χ0) is 21.8. The third-order valence-electron chi connectivity index (χ3n) is 5.75. The molecule has 0 amide bonds. The summed E-state index contributed by atoms with van der Waals surface area (Å²) in [6.45, 7) is 10.5. The van der Waals surface area contributed by atoms with Crippen LogP contribution in [0, 0.1) is 5.92 Å². The van der Waals surface area contributed by atoms with Gasteiger partial charge in [-0.1, -0.05) is 6.08 Å². The Labute approximate surface area is 177 Å². The first kappa shape index (κ1) is 21.7. The number of hydrogen-bond acceptors (Lipinski definition) is 7. The Morgan fingerprint density at radius 1 is 1.27 bits per heavy atom. The number of anilines is 1. The van der Waals surface area contributed by atoms with Crippen LogP contribution in [0.2, 0.25) is 0 Å². The fourth-order valence-corrected chi connectivity index (χ4v) is 4.43. The summed E-state index contributed by atoms with van der Waals surface area (Å²) in [6.07, 6.45) is 2.21. The van der Waals surface area contributed by atoms with Crippen molar-refractivity contribution in [2.45, 2.75) is 39.3 Å². The van der Waals surface area contributed by atoms with Gasteiger partial charge in [0.05, 0.1) is 31.9 Å². The van der Waals surface area contributed by atoms with E-state index < -0.39 is 6.04 Å². The molecule has 0 unspecified atom stereocenters. The van der Waals surface area contributed by atoms with Crippen molar-refractivity contribution in [2.24, 2.45) is 5.92 Å². The molecular formula is C23H30N2O5. The van der Waals surface area contributed by atoms with Gasteiger partial charge in [-0.2, -0.15) is 0 Å². The summed E-state index contributed by atoms with van der Waals surface area (Å²) in [5, 5.41) is 3.34. The quantitative estimate of drug-likeness (QED) is 0.541. The normalized spacial score (nSPS) is 22.4. The molecule has 0 bridgehead atoms. The largest absolute Gasteiger partial charge is 0.497 e. The summed E-state index contributed by atoms with van der Waals surface area (Å²) in [5.74, 6) is -0.149. The van der Waals surface area contributed by atoms with Crippen LogP contribution in [0.15, 0.2) is 42.1 Å². The van der Waals surface area contributed by atoms with E-state index >= 15 is 0 Å². The van der Waals surface area contributed by atoms with Gasteiger partial charge in [0.1, 0.15) is 11.8 Å². The molecule has 1 aromatic carbocycles. The molecule has 162 valence electrons. The maximum absolute atomic E-state index is 12.9. The van der Waals surface area contributed by atoms with Gasteiger partial charge in [0.25, 0.3) is 0 Å². The maximum atomic E-state index is 12.9. The zero-order valence-corrected chi connectivity index (χ0v) is 18.1. The highest BCUT2D eigenvalue weighted by Crippen LogP contribution is 2.49. The Hall–Kier alpha value is -2.96. The minimum absolute atomic E-state index is 0.137. The lowest BCUT2D eigenvalue weighted by Gasteiger charge is -2.49. The number of esters is 2. The van der Waals surface area contributed by atoms with E-state index in [-0.39, 0.29) is 23.9 Å². The maximum Gasteiger partial charge on any atom is 0.335 e. The van der Waals surface area contributed by atoms with E-state index in [0.717, 1.165) is 22.7 Å². The highest BCUT2D eigenvalue weighted by atomic mass is 16.5. The van der Waals surface area contributed by atoms with Gasteiger partial charge in [-0.05, 0) is 45.4 Å². The van der Waals surface area contributed by atoms with Gasteiger partial charge in [-0.15, -0.1) is 6.58 Å². The minimum Gasteiger partial charge on any atom is -0.497 e. The van der Waals surface area contributed by atoms with Crippen LogP contribution in [-0.2, 0) is 19.1 Å². The number of benzene rings is 1. The molecule has 0 saturated carbocycles. The number of fused-ring (bicyclic) bond motifs is 3. The Bertz CT molecular complexity index is 863. The van der Waals surface area contributed by atoms with Crippen molar-refractivity contribution in [1.29, 1.82) is 0 Å². The van der Waals surface area contributed by atoms with Crippen LogP contribution in [0.25, 0.3) is 0 Å². The molecule has 2 aliphatic rings. The smallest absolute Gasteiger partial charge is 0.335 e. The molecule has 2 aliphatic heterocycles. The number of nitrogens with zero attached hydrogens (tertiary/aromatic N) is 1. The number of hydrogen-bond donors (Lipinski definition) is 1. The molecule has 30 heavy (non-hydrogen) atoms. The van der Waals surface area contributed by atoms with Crippen molar-refractivity contribution in [3.63, 3.8) is 0 Å². The van der Waals surface area contributed by atoms with E-state index in [2.05, 4.69) is 16.8 Å². The number of rotatable bonds is 7. The number of allylic oxidation sites excluding steroid dienone is 1. The molecule has 7 nitrogen and oxygen atoms in total. The number of methoxy groups -OCH3 is 1. The fraction of sp³-hybridized carbons (Fsp3) is 0.478. The Morgan fingerprint density at radius 3 is 2.63 bits per heavy atom. The topological polar surface area (TPSA) is 77.1 Å². The second-order valence-corrected chi connectivity index (χ2v) is 7.37. The van der Waals surface area contributed by atoms with Crippen molar-refractivity contribution in [2.75, 3.05) is 32.2 Å². The summed E-state index contributed by atoms with van der Waals surface area (Å²) >= 11 is 0. The van der Waals surface area contributed by atoms with Crippen LogP contribution >= 0.6 is 0 Å². The van der Waals surface area contributed by atoms with Crippen LogP contribution in [0.4, 0.5) is 5.69 Å². The van der Waals surface area contributed by atoms with Gasteiger partial charge in [-0.25, -0.2) is 9.59 Å². The molecule has 1 N–H and O–H groups in total. The third-order valence-corrected chi connectivity index (χ3v) is 5.75. The van der Waals surface area contributed by atoms with E-state index in [9.17, 15) is 9.59 Å². The zero-order valence-electron chi connectivity index (χ0n) is 18.1. The Balaban J connectivity index is 2.16. The molecule has 0 fully saturated rings.